The first-order chi connectivity index (χ1) is 12.4. The fourth-order valence-corrected chi connectivity index (χ4v) is 3.27. The van der Waals surface area contributed by atoms with Crippen LogP contribution in [-0.2, 0) is 17.9 Å². The maximum Gasteiger partial charge on any atom is 0.234 e. The number of likely N-dealkylation sites (tertiary alicyclic amines) is 1. The quantitative estimate of drug-likeness (QED) is 0.861. The van der Waals surface area contributed by atoms with Gasteiger partial charge in [0.1, 0.15) is 24.3 Å². The Kier molecular flexibility index (Phi) is 5.52. The minimum Gasteiger partial charge on any atom is -0.489 e. The van der Waals surface area contributed by atoms with E-state index >= 15 is 0 Å². The van der Waals surface area contributed by atoms with Crippen LogP contribution in [0.25, 0.3) is 0 Å². The van der Waals surface area contributed by atoms with Crippen LogP contribution in [0.2, 0.25) is 0 Å². The second-order valence-corrected chi connectivity index (χ2v) is 6.69. The third-order valence-electron chi connectivity index (χ3n) is 4.66. The Labute approximate surface area is 151 Å². The smallest absolute Gasteiger partial charge is 0.234 e. The molecule has 2 N–H and O–H groups in total. The summed E-state index contributed by atoms with van der Waals surface area (Å²) in [5.74, 6) is -0.108. The van der Waals surface area contributed by atoms with Gasteiger partial charge in [0.2, 0.25) is 5.91 Å². The number of ether oxygens (including phenoxy) is 1. The molecular weight excluding hydrogens is 338 g/mol. The number of hydrogen-bond donors (Lipinski definition) is 1. The van der Waals surface area contributed by atoms with Crippen molar-refractivity contribution in [3.8, 4) is 5.75 Å². The highest BCUT2D eigenvalue weighted by atomic mass is 19.1. The molecule has 0 radical (unpaired) electrons. The van der Waals surface area contributed by atoms with Crippen LogP contribution < -0.4 is 10.5 Å². The molecule has 0 aromatic heterocycles. The van der Waals surface area contributed by atoms with E-state index in [1.54, 1.807) is 17.0 Å². The lowest BCUT2D eigenvalue weighted by Gasteiger charge is -2.22. The van der Waals surface area contributed by atoms with E-state index in [9.17, 15) is 13.6 Å². The molecule has 1 fully saturated rings. The molecule has 2 atom stereocenters. The monoisotopic (exact) mass is 360 g/mol. The Morgan fingerprint density at radius 2 is 2.12 bits per heavy atom. The van der Waals surface area contributed by atoms with Crippen LogP contribution >= 0.6 is 0 Å². The summed E-state index contributed by atoms with van der Waals surface area (Å²) in [7, 11) is 0. The van der Waals surface area contributed by atoms with Gasteiger partial charge in [0.15, 0.2) is 0 Å². The molecule has 1 saturated heterocycles. The lowest BCUT2D eigenvalue weighted by atomic mass is 10.1. The number of nitrogens with zero attached hydrogens (tertiary/aromatic N) is 1. The molecule has 1 amide bonds. The molecule has 6 heteroatoms. The molecule has 0 spiro atoms. The van der Waals surface area contributed by atoms with Gasteiger partial charge in [-0.3, -0.25) is 9.69 Å². The molecule has 2 aromatic rings. The molecular formula is C20H22F2N2O2. The summed E-state index contributed by atoms with van der Waals surface area (Å²) in [6.07, 6.45) is -0.870. The Morgan fingerprint density at radius 3 is 2.81 bits per heavy atom. The number of aryl methyl sites for hydroxylation is 1. The normalized spacial score (nSPS) is 20.3. The Bertz CT molecular complexity index is 797. The van der Waals surface area contributed by atoms with E-state index in [1.165, 1.54) is 12.1 Å². The minimum absolute atomic E-state index is 0.156. The zero-order chi connectivity index (χ0) is 18.7. The molecule has 0 bridgehead atoms. The van der Waals surface area contributed by atoms with Crippen LogP contribution in [0.3, 0.4) is 0 Å². The lowest BCUT2D eigenvalue weighted by molar-refractivity contribution is -0.122. The first kappa shape index (κ1) is 18.3. The number of benzene rings is 2. The standard InChI is InChI=1S/C20H22F2N2O2/c1-13-7-18(26-12-14-3-2-4-16(21)8-14)6-5-15(13)10-24-11-17(22)9-19(24)20(23)25/h2-8,17,19H,9-12H2,1H3,(H2,23,25)/t17-,19+/m1/s1. The molecule has 2 aromatic carbocycles. The van der Waals surface area contributed by atoms with Crippen LogP contribution in [0.15, 0.2) is 42.5 Å². The molecule has 1 aliphatic heterocycles. The zero-order valence-corrected chi connectivity index (χ0v) is 14.6. The molecule has 4 nitrogen and oxygen atoms in total. The molecule has 26 heavy (non-hydrogen) atoms. The van der Waals surface area contributed by atoms with Gasteiger partial charge in [-0.05, 0) is 47.9 Å². The fourth-order valence-electron chi connectivity index (χ4n) is 3.27. The maximum atomic E-state index is 13.6. The number of nitrogens with two attached hydrogens (primary N) is 1. The van der Waals surface area contributed by atoms with E-state index in [-0.39, 0.29) is 25.4 Å². The summed E-state index contributed by atoms with van der Waals surface area (Å²) in [5, 5.41) is 0. The zero-order valence-electron chi connectivity index (χ0n) is 14.6. The molecule has 0 unspecified atom stereocenters. The fraction of sp³-hybridized carbons (Fsp3) is 0.350. The molecule has 1 aliphatic rings. The van der Waals surface area contributed by atoms with Crippen molar-refractivity contribution in [1.82, 2.24) is 4.90 Å². The molecule has 3 rings (SSSR count). The van der Waals surface area contributed by atoms with Gasteiger partial charge in [-0.15, -0.1) is 0 Å². The van der Waals surface area contributed by atoms with Gasteiger partial charge in [-0.25, -0.2) is 8.78 Å². The number of halogens is 2. The highest BCUT2D eigenvalue weighted by Crippen LogP contribution is 2.25. The van der Waals surface area contributed by atoms with Crippen molar-refractivity contribution in [1.29, 1.82) is 0 Å². The largest absolute Gasteiger partial charge is 0.489 e. The Hall–Kier alpha value is -2.47. The SMILES string of the molecule is Cc1cc(OCc2cccc(F)c2)ccc1CN1C[C@H](F)C[C@H]1C(N)=O. The van der Waals surface area contributed by atoms with E-state index in [1.807, 2.05) is 25.1 Å². The summed E-state index contributed by atoms with van der Waals surface area (Å²) >= 11 is 0. The minimum atomic E-state index is -1.03. The summed E-state index contributed by atoms with van der Waals surface area (Å²) in [6, 6.07) is 11.3. The highest BCUT2D eigenvalue weighted by molar-refractivity contribution is 5.80. The lowest BCUT2D eigenvalue weighted by Crippen LogP contribution is -2.39. The van der Waals surface area contributed by atoms with Crippen LogP contribution in [0.1, 0.15) is 23.1 Å². The van der Waals surface area contributed by atoms with Gasteiger partial charge in [0, 0.05) is 19.5 Å². The first-order valence-electron chi connectivity index (χ1n) is 8.56. The summed E-state index contributed by atoms with van der Waals surface area (Å²) in [4.78, 5) is 13.3. The number of rotatable bonds is 6. The number of hydrogen-bond acceptors (Lipinski definition) is 3. The number of amides is 1. The van der Waals surface area contributed by atoms with Gasteiger partial charge in [0.05, 0.1) is 6.04 Å². The second kappa shape index (κ2) is 7.83. The summed E-state index contributed by atoms with van der Waals surface area (Å²) in [6.45, 7) is 2.89. The Balaban J connectivity index is 1.65. The van der Waals surface area contributed by atoms with E-state index in [0.29, 0.717) is 12.3 Å². The topological polar surface area (TPSA) is 55.6 Å². The van der Waals surface area contributed by atoms with Crippen molar-refractivity contribution < 1.29 is 18.3 Å². The van der Waals surface area contributed by atoms with E-state index in [2.05, 4.69) is 0 Å². The van der Waals surface area contributed by atoms with Crippen LogP contribution in [-0.4, -0.2) is 29.6 Å². The molecule has 0 saturated carbocycles. The number of carbonyl (C=O) groups is 1. The molecule has 0 aliphatic carbocycles. The third kappa shape index (κ3) is 4.38. The first-order valence-corrected chi connectivity index (χ1v) is 8.56. The van der Waals surface area contributed by atoms with Crippen molar-refractivity contribution >= 4 is 5.91 Å². The van der Waals surface area contributed by atoms with Crippen LogP contribution in [0.4, 0.5) is 8.78 Å². The van der Waals surface area contributed by atoms with Crippen molar-refractivity contribution in [3.05, 3.63) is 65.0 Å². The van der Waals surface area contributed by atoms with Crippen LogP contribution in [0.5, 0.6) is 5.75 Å². The number of primary amides is 1. The van der Waals surface area contributed by atoms with Crippen molar-refractivity contribution in [2.75, 3.05) is 6.54 Å². The molecule has 1 heterocycles. The van der Waals surface area contributed by atoms with Gasteiger partial charge in [-0.1, -0.05) is 18.2 Å². The van der Waals surface area contributed by atoms with Crippen molar-refractivity contribution in [2.45, 2.75) is 38.7 Å². The predicted octanol–water partition coefficient (Wildman–Crippen LogP) is 3.11. The van der Waals surface area contributed by atoms with Gasteiger partial charge < -0.3 is 10.5 Å². The van der Waals surface area contributed by atoms with Crippen molar-refractivity contribution in [2.24, 2.45) is 5.73 Å². The summed E-state index contributed by atoms with van der Waals surface area (Å²) in [5.41, 5.74) is 8.10. The van der Waals surface area contributed by atoms with Crippen LogP contribution in [0, 0.1) is 12.7 Å². The highest BCUT2D eigenvalue weighted by Gasteiger charge is 2.35. The van der Waals surface area contributed by atoms with E-state index < -0.39 is 18.1 Å². The molecule has 138 valence electrons. The number of carbonyl (C=O) groups excluding carboxylic acids is 1. The Morgan fingerprint density at radius 1 is 1.31 bits per heavy atom. The van der Waals surface area contributed by atoms with Gasteiger partial charge >= 0.3 is 0 Å². The second-order valence-electron chi connectivity index (χ2n) is 6.69. The summed E-state index contributed by atoms with van der Waals surface area (Å²) < 4.78 is 32.6. The predicted molar refractivity (Wildman–Crippen MR) is 94.8 cm³/mol. The maximum absolute atomic E-state index is 13.6. The van der Waals surface area contributed by atoms with Crippen molar-refractivity contribution in [3.63, 3.8) is 0 Å². The number of alkyl halides is 1. The van der Waals surface area contributed by atoms with Gasteiger partial charge in [-0.2, -0.15) is 0 Å². The van der Waals surface area contributed by atoms with Gasteiger partial charge in [0.25, 0.3) is 0 Å². The average molecular weight is 360 g/mol. The average Bonchev–Trinajstić information content (AvgIpc) is 2.96. The van der Waals surface area contributed by atoms with E-state index in [0.717, 1.165) is 16.7 Å². The third-order valence-corrected chi connectivity index (χ3v) is 4.66. The van der Waals surface area contributed by atoms with E-state index in [4.69, 9.17) is 10.5 Å².